The smallest absolute Gasteiger partial charge is 0.321 e. The van der Waals surface area contributed by atoms with Gasteiger partial charge in [-0.1, -0.05) is 36.4 Å². The number of benzene rings is 2. The van der Waals surface area contributed by atoms with Crippen LogP contribution in [0.15, 0.2) is 53.4 Å². The molecule has 0 unspecified atom stereocenters. The lowest BCUT2D eigenvalue weighted by Gasteiger charge is -2.09. The summed E-state index contributed by atoms with van der Waals surface area (Å²) in [7, 11) is -4.60. The van der Waals surface area contributed by atoms with E-state index >= 15 is 0 Å². The zero-order valence-corrected chi connectivity index (χ0v) is 14.8. The van der Waals surface area contributed by atoms with Crippen molar-refractivity contribution in [2.75, 3.05) is 13.2 Å². The van der Waals surface area contributed by atoms with Gasteiger partial charge in [-0.15, -0.1) is 0 Å². The van der Waals surface area contributed by atoms with Gasteiger partial charge >= 0.3 is 5.97 Å². The van der Waals surface area contributed by atoms with Crippen molar-refractivity contribution in [2.45, 2.75) is 11.4 Å². The average molecular weight is 398 g/mol. The van der Waals surface area contributed by atoms with Crippen molar-refractivity contribution in [3.63, 3.8) is 0 Å². The lowest BCUT2D eigenvalue weighted by atomic mass is 10.2. The Balaban J connectivity index is 1.79. The molecule has 0 atom stereocenters. The van der Waals surface area contributed by atoms with Crippen molar-refractivity contribution in [3.8, 4) is 0 Å². The molecule has 0 aliphatic heterocycles. The SMILES string of the molecule is O=C(COC(=O)CNS(=O)(=O)c1c(F)cccc1F)NCc1ccccc1. The topological polar surface area (TPSA) is 102 Å². The van der Waals surface area contributed by atoms with Gasteiger partial charge in [-0.2, -0.15) is 4.72 Å². The van der Waals surface area contributed by atoms with Gasteiger partial charge in [0.05, 0.1) is 0 Å². The summed E-state index contributed by atoms with van der Waals surface area (Å²) in [4.78, 5) is 22.0. The third-order valence-electron chi connectivity index (χ3n) is 3.29. The number of carbonyl (C=O) groups excluding carboxylic acids is 2. The standard InChI is InChI=1S/C17H16F2N2O5S/c18-13-7-4-8-14(19)17(13)27(24,25)21-10-16(23)26-11-15(22)20-9-12-5-2-1-3-6-12/h1-8,21H,9-11H2,(H,20,22). The van der Waals surface area contributed by atoms with Crippen LogP contribution in [0.5, 0.6) is 0 Å². The lowest BCUT2D eigenvalue weighted by molar-refractivity contribution is -0.147. The maximum atomic E-state index is 13.5. The van der Waals surface area contributed by atoms with E-state index in [1.807, 2.05) is 6.07 Å². The first-order chi connectivity index (χ1) is 12.8. The Labute approximate surface area is 154 Å². The fourth-order valence-corrected chi connectivity index (χ4v) is 3.11. The van der Waals surface area contributed by atoms with Crippen LogP contribution < -0.4 is 10.0 Å². The molecule has 0 fully saturated rings. The Morgan fingerprint density at radius 3 is 2.22 bits per heavy atom. The third kappa shape index (κ3) is 6.12. The molecule has 0 saturated heterocycles. The molecule has 10 heteroatoms. The second kappa shape index (κ2) is 9.19. The van der Waals surface area contributed by atoms with Crippen LogP contribution in [-0.4, -0.2) is 33.4 Å². The van der Waals surface area contributed by atoms with E-state index in [0.29, 0.717) is 0 Å². The highest BCUT2D eigenvalue weighted by atomic mass is 32.2. The minimum Gasteiger partial charge on any atom is -0.455 e. The van der Waals surface area contributed by atoms with Crippen molar-refractivity contribution < 1.29 is 31.5 Å². The number of halogens is 2. The molecule has 0 aliphatic carbocycles. The van der Waals surface area contributed by atoms with Gasteiger partial charge in [-0.3, -0.25) is 9.59 Å². The van der Waals surface area contributed by atoms with E-state index in [4.69, 9.17) is 0 Å². The summed E-state index contributed by atoms with van der Waals surface area (Å²) in [6.45, 7) is -1.28. The Bertz CT molecular complexity index is 900. The number of nitrogens with one attached hydrogen (secondary N) is 2. The minimum atomic E-state index is -4.60. The molecule has 1 amide bonds. The Kier molecular flexibility index (Phi) is 6.97. The van der Waals surface area contributed by atoms with E-state index in [0.717, 1.165) is 23.8 Å². The van der Waals surface area contributed by atoms with E-state index in [1.165, 1.54) is 0 Å². The molecule has 2 aromatic carbocycles. The van der Waals surface area contributed by atoms with Crippen LogP contribution >= 0.6 is 0 Å². The summed E-state index contributed by atoms with van der Waals surface area (Å²) in [5, 5.41) is 2.51. The zero-order chi connectivity index (χ0) is 19.9. The molecule has 2 rings (SSSR count). The monoisotopic (exact) mass is 398 g/mol. The number of rotatable bonds is 8. The van der Waals surface area contributed by atoms with Gasteiger partial charge in [-0.05, 0) is 17.7 Å². The largest absolute Gasteiger partial charge is 0.455 e. The number of esters is 1. The summed E-state index contributed by atoms with van der Waals surface area (Å²) in [5.74, 6) is -4.26. The van der Waals surface area contributed by atoms with Gasteiger partial charge in [0.25, 0.3) is 5.91 Å². The predicted octanol–water partition coefficient (Wildman–Crippen LogP) is 1.10. The van der Waals surface area contributed by atoms with Crippen LogP contribution in [0, 0.1) is 11.6 Å². The molecule has 2 aromatic rings. The van der Waals surface area contributed by atoms with E-state index in [-0.39, 0.29) is 6.54 Å². The molecule has 144 valence electrons. The van der Waals surface area contributed by atoms with Gasteiger partial charge in [-0.25, -0.2) is 17.2 Å². The Morgan fingerprint density at radius 1 is 0.963 bits per heavy atom. The second-order valence-electron chi connectivity index (χ2n) is 5.30. The predicted molar refractivity (Wildman–Crippen MR) is 90.8 cm³/mol. The molecule has 7 nitrogen and oxygen atoms in total. The van der Waals surface area contributed by atoms with Crippen LogP contribution in [0.1, 0.15) is 5.56 Å². The maximum Gasteiger partial charge on any atom is 0.321 e. The Morgan fingerprint density at radius 2 is 1.59 bits per heavy atom. The third-order valence-corrected chi connectivity index (χ3v) is 4.74. The van der Waals surface area contributed by atoms with Crippen molar-refractivity contribution >= 4 is 21.9 Å². The summed E-state index contributed by atoms with van der Waals surface area (Å²) in [5.41, 5.74) is 0.844. The normalized spacial score (nSPS) is 11.0. The molecule has 0 radical (unpaired) electrons. The summed E-state index contributed by atoms with van der Waals surface area (Å²) in [6.07, 6.45) is 0. The maximum absolute atomic E-state index is 13.5. The molecule has 27 heavy (non-hydrogen) atoms. The van der Waals surface area contributed by atoms with Crippen LogP contribution in [-0.2, 0) is 30.9 Å². The summed E-state index contributed by atoms with van der Waals surface area (Å²) >= 11 is 0. The Hall–Kier alpha value is -2.85. The lowest BCUT2D eigenvalue weighted by Crippen LogP contribution is -2.34. The highest BCUT2D eigenvalue weighted by Gasteiger charge is 2.24. The zero-order valence-electron chi connectivity index (χ0n) is 13.9. The molecule has 0 spiro atoms. The van der Waals surface area contributed by atoms with Gasteiger partial charge in [0.1, 0.15) is 18.2 Å². The number of sulfonamides is 1. The molecule has 0 bridgehead atoms. The number of amides is 1. The molecule has 0 saturated carbocycles. The quantitative estimate of drug-likeness (QED) is 0.649. The molecule has 0 aromatic heterocycles. The van der Waals surface area contributed by atoms with E-state index in [2.05, 4.69) is 10.1 Å². The molecule has 2 N–H and O–H groups in total. The second-order valence-corrected chi connectivity index (χ2v) is 7.00. The average Bonchev–Trinajstić information content (AvgIpc) is 2.63. The van der Waals surface area contributed by atoms with E-state index < -0.39 is 51.6 Å². The van der Waals surface area contributed by atoms with Crippen LogP contribution in [0.3, 0.4) is 0 Å². The fraction of sp³-hybridized carbons (Fsp3) is 0.176. The van der Waals surface area contributed by atoms with Crippen LogP contribution in [0.25, 0.3) is 0 Å². The van der Waals surface area contributed by atoms with Crippen LogP contribution in [0.4, 0.5) is 8.78 Å². The van der Waals surface area contributed by atoms with Crippen molar-refractivity contribution in [2.24, 2.45) is 0 Å². The van der Waals surface area contributed by atoms with Crippen molar-refractivity contribution in [1.82, 2.24) is 10.0 Å². The highest BCUT2D eigenvalue weighted by Crippen LogP contribution is 2.17. The van der Waals surface area contributed by atoms with E-state index in [1.54, 1.807) is 29.0 Å². The summed E-state index contributed by atoms with van der Waals surface area (Å²) in [6, 6.07) is 11.6. The number of hydrogen-bond acceptors (Lipinski definition) is 5. The highest BCUT2D eigenvalue weighted by molar-refractivity contribution is 7.89. The van der Waals surface area contributed by atoms with Gasteiger partial charge in [0.15, 0.2) is 11.5 Å². The van der Waals surface area contributed by atoms with Crippen LogP contribution in [0.2, 0.25) is 0 Å². The molecule has 0 heterocycles. The minimum absolute atomic E-state index is 0.233. The molecular weight excluding hydrogens is 382 g/mol. The first-order valence-electron chi connectivity index (χ1n) is 7.69. The summed E-state index contributed by atoms with van der Waals surface area (Å²) < 4.78 is 57.2. The number of hydrogen-bond donors (Lipinski definition) is 2. The van der Waals surface area contributed by atoms with Gasteiger partial charge in [0, 0.05) is 6.54 Å². The molecule has 0 aliphatic rings. The number of ether oxygens (including phenoxy) is 1. The van der Waals surface area contributed by atoms with E-state index in [9.17, 15) is 26.8 Å². The van der Waals surface area contributed by atoms with Gasteiger partial charge in [0.2, 0.25) is 10.0 Å². The molecular formula is C17H16F2N2O5S. The first-order valence-corrected chi connectivity index (χ1v) is 9.18. The van der Waals surface area contributed by atoms with Crippen molar-refractivity contribution in [3.05, 3.63) is 65.7 Å². The fourth-order valence-electron chi connectivity index (χ4n) is 2.01. The van der Waals surface area contributed by atoms with Gasteiger partial charge < -0.3 is 10.1 Å². The van der Waals surface area contributed by atoms with Crippen molar-refractivity contribution in [1.29, 1.82) is 0 Å². The first kappa shape index (κ1) is 20.5. The number of carbonyl (C=O) groups is 2.